The van der Waals surface area contributed by atoms with E-state index in [1.807, 2.05) is 30.3 Å². The predicted molar refractivity (Wildman–Crippen MR) is 84.8 cm³/mol. The molecule has 2 aromatic rings. The fourth-order valence-corrected chi connectivity index (χ4v) is 2.77. The molecule has 0 aliphatic carbocycles. The third kappa shape index (κ3) is 3.10. The first kappa shape index (κ1) is 14.8. The summed E-state index contributed by atoms with van der Waals surface area (Å²) in [5.74, 6) is 0. The van der Waals surface area contributed by atoms with Gasteiger partial charge in [-0.05, 0) is 29.5 Å². The standard InChI is InChI=1S/C19H24O/c1-3-8-16-11-13-18(14-12-16)19(20,15-4-2)17-9-6-5-7-10-17/h5-7,9-14,20H,3-4,8,15H2,1-2H3. The highest BCUT2D eigenvalue weighted by molar-refractivity contribution is 5.37. The zero-order chi connectivity index (χ0) is 14.4. The van der Waals surface area contributed by atoms with Crippen molar-refractivity contribution in [2.75, 3.05) is 0 Å². The number of hydrogen-bond acceptors (Lipinski definition) is 1. The average Bonchev–Trinajstić information content (AvgIpc) is 2.49. The van der Waals surface area contributed by atoms with Crippen molar-refractivity contribution in [1.82, 2.24) is 0 Å². The summed E-state index contributed by atoms with van der Waals surface area (Å²) in [6.07, 6.45) is 3.93. The van der Waals surface area contributed by atoms with Gasteiger partial charge >= 0.3 is 0 Å². The third-order valence-corrected chi connectivity index (χ3v) is 3.83. The first-order chi connectivity index (χ1) is 9.70. The second kappa shape index (κ2) is 6.71. The summed E-state index contributed by atoms with van der Waals surface area (Å²) in [5.41, 5.74) is 2.43. The molecule has 106 valence electrons. The molecule has 20 heavy (non-hydrogen) atoms. The Kier molecular flexibility index (Phi) is 4.97. The van der Waals surface area contributed by atoms with Crippen LogP contribution in [0.1, 0.15) is 49.8 Å². The summed E-state index contributed by atoms with van der Waals surface area (Å²) in [6.45, 7) is 4.30. The lowest BCUT2D eigenvalue weighted by molar-refractivity contribution is 0.0702. The van der Waals surface area contributed by atoms with Crippen LogP contribution >= 0.6 is 0 Å². The maximum atomic E-state index is 11.2. The van der Waals surface area contributed by atoms with Gasteiger partial charge in [0.05, 0.1) is 0 Å². The molecule has 2 aromatic carbocycles. The minimum atomic E-state index is -0.874. The molecular formula is C19H24O. The van der Waals surface area contributed by atoms with Crippen LogP contribution in [0.25, 0.3) is 0 Å². The van der Waals surface area contributed by atoms with Crippen LogP contribution in [-0.2, 0) is 12.0 Å². The quantitative estimate of drug-likeness (QED) is 0.807. The van der Waals surface area contributed by atoms with Gasteiger partial charge in [-0.25, -0.2) is 0 Å². The molecule has 0 aromatic heterocycles. The average molecular weight is 268 g/mol. The Bertz CT molecular complexity index is 515. The molecule has 0 fully saturated rings. The van der Waals surface area contributed by atoms with E-state index in [1.54, 1.807) is 0 Å². The molecule has 0 saturated heterocycles. The van der Waals surface area contributed by atoms with E-state index in [-0.39, 0.29) is 0 Å². The number of aryl methyl sites for hydroxylation is 1. The first-order valence-corrected chi connectivity index (χ1v) is 7.58. The fourth-order valence-electron chi connectivity index (χ4n) is 2.77. The van der Waals surface area contributed by atoms with Gasteiger partial charge in [-0.2, -0.15) is 0 Å². The van der Waals surface area contributed by atoms with E-state index in [0.29, 0.717) is 0 Å². The lowest BCUT2D eigenvalue weighted by Crippen LogP contribution is -2.27. The molecule has 0 bridgehead atoms. The number of rotatable bonds is 6. The number of hydrogen-bond donors (Lipinski definition) is 1. The normalized spacial score (nSPS) is 13.9. The highest BCUT2D eigenvalue weighted by Crippen LogP contribution is 2.34. The van der Waals surface area contributed by atoms with E-state index >= 15 is 0 Å². The summed E-state index contributed by atoms with van der Waals surface area (Å²) >= 11 is 0. The summed E-state index contributed by atoms with van der Waals surface area (Å²) in [7, 11) is 0. The van der Waals surface area contributed by atoms with Gasteiger partial charge in [0.15, 0.2) is 0 Å². The molecule has 2 rings (SSSR count). The lowest BCUT2D eigenvalue weighted by Gasteiger charge is -2.29. The molecule has 0 spiro atoms. The van der Waals surface area contributed by atoms with Gasteiger partial charge in [-0.1, -0.05) is 81.3 Å². The molecule has 1 nitrogen and oxygen atoms in total. The van der Waals surface area contributed by atoms with E-state index < -0.39 is 5.60 Å². The van der Waals surface area contributed by atoms with Crippen molar-refractivity contribution >= 4 is 0 Å². The molecule has 0 aliphatic rings. The van der Waals surface area contributed by atoms with Crippen molar-refractivity contribution in [3.05, 3.63) is 71.3 Å². The van der Waals surface area contributed by atoms with Gasteiger partial charge in [0, 0.05) is 0 Å². The Balaban J connectivity index is 2.37. The van der Waals surface area contributed by atoms with E-state index in [0.717, 1.165) is 36.8 Å². The molecule has 0 radical (unpaired) electrons. The van der Waals surface area contributed by atoms with Crippen molar-refractivity contribution in [2.45, 2.75) is 45.1 Å². The van der Waals surface area contributed by atoms with E-state index in [1.165, 1.54) is 5.56 Å². The van der Waals surface area contributed by atoms with Crippen molar-refractivity contribution in [3.63, 3.8) is 0 Å². The second-order valence-corrected chi connectivity index (χ2v) is 5.42. The molecular weight excluding hydrogens is 244 g/mol. The minimum Gasteiger partial charge on any atom is -0.380 e. The zero-order valence-corrected chi connectivity index (χ0v) is 12.5. The minimum absolute atomic E-state index is 0.740. The van der Waals surface area contributed by atoms with Crippen molar-refractivity contribution in [1.29, 1.82) is 0 Å². The molecule has 0 heterocycles. The second-order valence-electron chi connectivity index (χ2n) is 5.42. The maximum absolute atomic E-state index is 11.2. The van der Waals surface area contributed by atoms with E-state index in [4.69, 9.17) is 0 Å². The van der Waals surface area contributed by atoms with Crippen LogP contribution in [0, 0.1) is 0 Å². The van der Waals surface area contributed by atoms with Crippen LogP contribution in [0.3, 0.4) is 0 Å². The van der Waals surface area contributed by atoms with Gasteiger partial charge in [-0.15, -0.1) is 0 Å². The van der Waals surface area contributed by atoms with Crippen molar-refractivity contribution in [2.24, 2.45) is 0 Å². The van der Waals surface area contributed by atoms with Crippen LogP contribution in [0.4, 0.5) is 0 Å². The molecule has 0 saturated carbocycles. The Labute approximate surface area is 122 Å². The largest absolute Gasteiger partial charge is 0.380 e. The van der Waals surface area contributed by atoms with Crippen LogP contribution < -0.4 is 0 Å². The van der Waals surface area contributed by atoms with Gasteiger partial charge < -0.3 is 5.11 Å². The van der Waals surface area contributed by atoms with Crippen LogP contribution in [-0.4, -0.2) is 5.11 Å². The smallest absolute Gasteiger partial charge is 0.115 e. The summed E-state index contributed by atoms with van der Waals surface area (Å²) in [4.78, 5) is 0. The Hall–Kier alpha value is -1.60. The molecule has 1 heteroatoms. The van der Waals surface area contributed by atoms with Crippen LogP contribution in [0.2, 0.25) is 0 Å². The number of aliphatic hydroxyl groups is 1. The van der Waals surface area contributed by atoms with E-state index in [9.17, 15) is 5.11 Å². The summed E-state index contributed by atoms with van der Waals surface area (Å²) in [5, 5.41) is 11.2. The molecule has 1 unspecified atom stereocenters. The highest BCUT2D eigenvalue weighted by Gasteiger charge is 2.30. The zero-order valence-electron chi connectivity index (χ0n) is 12.5. The Morgan fingerprint density at radius 1 is 0.800 bits per heavy atom. The SMILES string of the molecule is CCCc1ccc(C(O)(CCC)c2ccccc2)cc1. The van der Waals surface area contributed by atoms with Gasteiger partial charge in [0.1, 0.15) is 5.60 Å². The lowest BCUT2D eigenvalue weighted by atomic mass is 9.82. The van der Waals surface area contributed by atoms with Gasteiger partial charge in [0.2, 0.25) is 0 Å². The topological polar surface area (TPSA) is 20.2 Å². The molecule has 1 N–H and O–H groups in total. The molecule has 0 amide bonds. The monoisotopic (exact) mass is 268 g/mol. The van der Waals surface area contributed by atoms with Crippen molar-refractivity contribution in [3.8, 4) is 0 Å². The summed E-state index contributed by atoms with van der Waals surface area (Å²) in [6, 6.07) is 18.4. The maximum Gasteiger partial charge on any atom is 0.115 e. The van der Waals surface area contributed by atoms with Crippen molar-refractivity contribution < 1.29 is 5.11 Å². The fraction of sp³-hybridized carbons (Fsp3) is 0.368. The van der Waals surface area contributed by atoms with Gasteiger partial charge in [-0.3, -0.25) is 0 Å². The van der Waals surface area contributed by atoms with Crippen LogP contribution in [0.15, 0.2) is 54.6 Å². The summed E-state index contributed by atoms with van der Waals surface area (Å²) < 4.78 is 0. The molecule has 1 atom stereocenters. The molecule has 0 aliphatic heterocycles. The third-order valence-electron chi connectivity index (χ3n) is 3.83. The number of benzene rings is 2. The van der Waals surface area contributed by atoms with Gasteiger partial charge in [0.25, 0.3) is 0 Å². The Morgan fingerprint density at radius 3 is 1.95 bits per heavy atom. The van der Waals surface area contributed by atoms with Crippen LogP contribution in [0.5, 0.6) is 0 Å². The predicted octanol–water partition coefficient (Wildman–Crippen LogP) is 4.68. The highest BCUT2D eigenvalue weighted by atomic mass is 16.3. The first-order valence-electron chi connectivity index (χ1n) is 7.58. The Morgan fingerprint density at radius 2 is 1.40 bits per heavy atom. The van der Waals surface area contributed by atoms with E-state index in [2.05, 4.69) is 38.1 Å².